The largest absolute Gasteiger partial charge is 0.313 e. The molecule has 1 aromatic carbocycles. The molecule has 0 spiro atoms. The van der Waals surface area contributed by atoms with Crippen LogP contribution in [0.1, 0.15) is 74.0 Å². The molecule has 0 bridgehead atoms. The Hall–Kier alpha value is -0.820. The van der Waals surface area contributed by atoms with Crippen LogP contribution >= 0.6 is 0 Å². The van der Waals surface area contributed by atoms with E-state index in [0.29, 0.717) is 0 Å². The Labute approximate surface area is 130 Å². The van der Waals surface area contributed by atoms with Gasteiger partial charge in [-0.15, -0.1) is 0 Å². The number of benzene rings is 1. The summed E-state index contributed by atoms with van der Waals surface area (Å²) in [5, 5.41) is 3.81. The van der Waals surface area contributed by atoms with E-state index in [0.717, 1.165) is 17.9 Å². The lowest BCUT2D eigenvalue weighted by Crippen LogP contribution is -2.28. The van der Waals surface area contributed by atoms with E-state index in [1.165, 1.54) is 69.0 Å². The molecular weight excluding hydrogens is 254 g/mol. The van der Waals surface area contributed by atoms with Crippen molar-refractivity contribution in [1.82, 2.24) is 5.32 Å². The molecule has 1 heteroatoms. The summed E-state index contributed by atoms with van der Waals surface area (Å²) >= 11 is 0. The Morgan fingerprint density at radius 3 is 2.10 bits per heavy atom. The van der Waals surface area contributed by atoms with Gasteiger partial charge in [-0.3, -0.25) is 0 Å². The summed E-state index contributed by atoms with van der Waals surface area (Å²) in [7, 11) is 0. The van der Waals surface area contributed by atoms with Crippen molar-refractivity contribution < 1.29 is 0 Å². The fourth-order valence-corrected chi connectivity index (χ4v) is 4.08. The van der Waals surface area contributed by atoms with Gasteiger partial charge >= 0.3 is 0 Å². The van der Waals surface area contributed by atoms with Crippen LogP contribution in [0.15, 0.2) is 18.2 Å². The van der Waals surface area contributed by atoms with Crippen LogP contribution in [0.5, 0.6) is 0 Å². The first-order valence-corrected chi connectivity index (χ1v) is 9.04. The fourth-order valence-electron chi connectivity index (χ4n) is 4.08. The third kappa shape index (κ3) is 4.32. The minimum absolute atomic E-state index is 0.724. The second-order valence-corrected chi connectivity index (χ2v) is 7.46. The smallest absolute Gasteiger partial charge is 0.00684 e. The molecule has 3 rings (SSSR count). The second-order valence-electron chi connectivity index (χ2n) is 7.46. The molecule has 0 aromatic heterocycles. The van der Waals surface area contributed by atoms with Gasteiger partial charge in [0.05, 0.1) is 0 Å². The molecule has 0 radical (unpaired) electrons. The van der Waals surface area contributed by atoms with E-state index in [2.05, 4.69) is 37.4 Å². The van der Waals surface area contributed by atoms with E-state index in [1.54, 1.807) is 5.56 Å². The molecule has 0 saturated heterocycles. The predicted molar refractivity (Wildman–Crippen MR) is 90.9 cm³/mol. The number of hydrogen-bond acceptors (Lipinski definition) is 1. The van der Waals surface area contributed by atoms with Gasteiger partial charge in [-0.1, -0.05) is 55.0 Å². The van der Waals surface area contributed by atoms with Crippen molar-refractivity contribution >= 4 is 0 Å². The van der Waals surface area contributed by atoms with Crippen LogP contribution in [-0.2, 0) is 0 Å². The van der Waals surface area contributed by atoms with Gasteiger partial charge in [0.1, 0.15) is 0 Å². The molecular formula is C20H31N. The van der Waals surface area contributed by atoms with Gasteiger partial charge in [0, 0.05) is 12.6 Å². The summed E-state index contributed by atoms with van der Waals surface area (Å²) in [5.74, 6) is 1.61. The minimum Gasteiger partial charge on any atom is -0.313 e. The average molecular weight is 285 g/mol. The van der Waals surface area contributed by atoms with Gasteiger partial charge in [-0.2, -0.15) is 0 Å². The zero-order valence-electron chi connectivity index (χ0n) is 13.8. The maximum atomic E-state index is 3.81. The van der Waals surface area contributed by atoms with Crippen molar-refractivity contribution in [2.45, 2.75) is 77.2 Å². The molecule has 2 fully saturated rings. The second kappa shape index (κ2) is 6.96. The summed E-state index contributed by atoms with van der Waals surface area (Å²) in [6.07, 6.45) is 11.4. The van der Waals surface area contributed by atoms with Crippen LogP contribution in [-0.4, -0.2) is 12.6 Å². The van der Waals surface area contributed by atoms with Gasteiger partial charge in [0.15, 0.2) is 0 Å². The zero-order valence-corrected chi connectivity index (χ0v) is 13.8. The molecule has 1 unspecified atom stereocenters. The van der Waals surface area contributed by atoms with E-state index in [-0.39, 0.29) is 0 Å². The Morgan fingerprint density at radius 2 is 1.52 bits per heavy atom. The Balaban J connectivity index is 1.78. The highest BCUT2D eigenvalue weighted by Gasteiger charge is 2.27. The molecule has 0 amide bonds. The summed E-state index contributed by atoms with van der Waals surface area (Å²) in [6.45, 7) is 5.68. The first kappa shape index (κ1) is 15.1. The fraction of sp³-hybridized carbons (Fsp3) is 0.700. The lowest BCUT2D eigenvalue weighted by molar-refractivity contribution is 0.360. The zero-order chi connectivity index (χ0) is 14.7. The van der Waals surface area contributed by atoms with Crippen molar-refractivity contribution in [3.05, 3.63) is 34.9 Å². The van der Waals surface area contributed by atoms with Gasteiger partial charge in [0.25, 0.3) is 0 Å². The molecule has 1 aromatic rings. The van der Waals surface area contributed by atoms with Crippen molar-refractivity contribution in [3.8, 4) is 0 Å². The van der Waals surface area contributed by atoms with Crippen molar-refractivity contribution in [1.29, 1.82) is 0 Å². The molecule has 1 nitrogen and oxygen atoms in total. The SMILES string of the molecule is Cc1cc(C)cc(C(CNC2CC2)C2CCCCCC2)c1. The first-order chi connectivity index (χ1) is 10.2. The summed E-state index contributed by atoms with van der Waals surface area (Å²) in [6, 6.07) is 8.01. The Bertz CT molecular complexity index is 433. The van der Waals surface area contributed by atoms with Crippen molar-refractivity contribution in [3.63, 3.8) is 0 Å². The third-order valence-corrected chi connectivity index (χ3v) is 5.34. The molecule has 21 heavy (non-hydrogen) atoms. The molecule has 116 valence electrons. The van der Waals surface area contributed by atoms with E-state index in [9.17, 15) is 0 Å². The molecule has 0 heterocycles. The van der Waals surface area contributed by atoms with Crippen molar-refractivity contribution in [2.24, 2.45) is 5.92 Å². The van der Waals surface area contributed by atoms with E-state index < -0.39 is 0 Å². The van der Waals surface area contributed by atoms with Crippen LogP contribution in [0.3, 0.4) is 0 Å². The minimum atomic E-state index is 0.724. The van der Waals surface area contributed by atoms with Crippen LogP contribution in [0.2, 0.25) is 0 Å². The maximum absolute atomic E-state index is 3.81. The molecule has 1 N–H and O–H groups in total. The maximum Gasteiger partial charge on any atom is 0.00684 e. The summed E-state index contributed by atoms with van der Waals surface area (Å²) in [5.41, 5.74) is 4.44. The predicted octanol–water partition coefficient (Wildman–Crippen LogP) is 5.11. The highest BCUT2D eigenvalue weighted by molar-refractivity contribution is 5.31. The first-order valence-electron chi connectivity index (χ1n) is 9.04. The lowest BCUT2D eigenvalue weighted by Gasteiger charge is -2.28. The summed E-state index contributed by atoms with van der Waals surface area (Å²) in [4.78, 5) is 0. The number of rotatable bonds is 5. The Kier molecular flexibility index (Phi) is 5.00. The average Bonchev–Trinajstić information content (AvgIpc) is 3.24. The number of aryl methyl sites for hydroxylation is 2. The molecule has 2 aliphatic carbocycles. The van der Waals surface area contributed by atoms with Crippen LogP contribution < -0.4 is 5.32 Å². The molecule has 1 atom stereocenters. The van der Waals surface area contributed by atoms with Crippen LogP contribution in [0.4, 0.5) is 0 Å². The highest BCUT2D eigenvalue weighted by atomic mass is 14.9. The van der Waals surface area contributed by atoms with E-state index in [4.69, 9.17) is 0 Å². The highest BCUT2D eigenvalue weighted by Crippen LogP contribution is 2.36. The Morgan fingerprint density at radius 1 is 0.905 bits per heavy atom. The quantitative estimate of drug-likeness (QED) is 0.741. The van der Waals surface area contributed by atoms with Gasteiger partial charge in [0.2, 0.25) is 0 Å². The lowest BCUT2D eigenvalue weighted by atomic mass is 9.80. The monoisotopic (exact) mass is 285 g/mol. The normalized spacial score (nSPS) is 22.0. The van der Waals surface area contributed by atoms with Crippen LogP contribution in [0.25, 0.3) is 0 Å². The summed E-state index contributed by atoms with van der Waals surface area (Å²) < 4.78 is 0. The van der Waals surface area contributed by atoms with Gasteiger partial charge in [-0.05, 0) is 56.9 Å². The molecule has 2 saturated carbocycles. The van der Waals surface area contributed by atoms with Crippen LogP contribution in [0, 0.1) is 19.8 Å². The molecule has 0 aliphatic heterocycles. The molecule has 2 aliphatic rings. The number of nitrogens with one attached hydrogen (secondary N) is 1. The standard InChI is InChI=1S/C20H31N/c1-15-11-16(2)13-18(12-15)20(14-21-19-9-10-19)17-7-5-3-4-6-8-17/h11-13,17,19-21H,3-10,14H2,1-2H3. The number of hydrogen-bond donors (Lipinski definition) is 1. The van der Waals surface area contributed by atoms with E-state index >= 15 is 0 Å². The topological polar surface area (TPSA) is 12.0 Å². The third-order valence-electron chi connectivity index (χ3n) is 5.34. The van der Waals surface area contributed by atoms with Crippen molar-refractivity contribution in [2.75, 3.05) is 6.54 Å². The van der Waals surface area contributed by atoms with Gasteiger partial charge in [-0.25, -0.2) is 0 Å². The van der Waals surface area contributed by atoms with E-state index in [1.807, 2.05) is 0 Å². The van der Waals surface area contributed by atoms with Gasteiger partial charge < -0.3 is 5.32 Å².